The van der Waals surface area contributed by atoms with Crippen molar-refractivity contribution < 1.29 is 19.0 Å². The third-order valence-corrected chi connectivity index (χ3v) is 10.0. The van der Waals surface area contributed by atoms with E-state index in [2.05, 4.69) is 126 Å². The Hall–Kier alpha value is -4.75. The van der Waals surface area contributed by atoms with Crippen molar-refractivity contribution in [1.82, 2.24) is 9.80 Å². The minimum absolute atomic E-state index is 0.144. The van der Waals surface area contributed by atoms with Gasteiger partial charge < -0.3 is 14.2 Å². The normalized spacial score (nSPS) is 16.4. The van der Waals surface area contributed by atoms with Crippen LogP contribution in [0.2, 0.25) is 0 Å². The van der Waals surface area contributed by atoms with Gasteiger partial charge in [0.25, 0.3) is 0 Å². The Kier molecular flexibility index (Phi) is 11.6. The van der Waals surface area contributed by atoms with Crippen LogP contribution in [0.3, 0.4) is 0 Å². The SMILES string of the molecule is C[C@H](C[C@@H](COC(c1ccccc1)(c1ccccc1)c1ccccc1)N(Cc1ccccc1)Cc1ccccc1)OC(=O)N1C(C)(C)COC1(C)C. The van der Waals surface area contributed by atoms with E-state index < -0.39 is 23.0 Å². The van der Waals surface area contributed by atoms with Crippen molar-refractivity contribution in [3.8, 4) is 0 Å². The van der Waals surface area contributed by atoms with E-state index in [9.17, 15) is 4.79 Å². The molecule has 1 aliphatic heterocycles. The first-order valence-electron chi connectivity index (χ1n) is 18.4. The fraction of sp³-hybridized carbons (Fsp3) is 0.326. The van der Waals surface area contributed by atoms with Crippen LogP contribution in [0.1, 0.15) is 68.9 Å². The first kappa shape index (κ1) is 37.0. The summed E-state index contributed by atoms with van der Waals surface area (Å²) in [6.07, 6.45) is -0.235. The third kappa shape index (κ3) is 8.47. The monoisotopic (exact) mass is 696 g/mol. The lowest BCUT2D eigenvalue weighted by molar-refractivity contribution is -0.0649. The van der Waals surface area contributed by atoms with Gasteiger partial charge in [0.1, 0.15) is 17.4 Å². The maximum absolute atomic E-state index is 13.9. The van der Waals surface area contributed by atoms with Crippen molar-refractivity contribution in [2.24, 2.45) is 0 Å². The van der Waals surface area contributed by atoms with Crippen LogP contribution in [0.25, 0.3) is 0 Å². The number of hydrogen-bond donors (Lipinski definition) is 0. The molecule has 52 heavy (non-hydrogen) atoms. The molecule has 6 rings (SSSR count). The molecule has 0 aliphatic carbocycles. The van der Waals surface area contributed by atoms with Gasteiger partial charge in [0.05, 0.1) is 18.8 Å². The maximum atomic E-state index is 13.9. The number of carbonyl (C=O) groups is 1. The molecule has 6 nitrogen and oxygen atoms in total. The molecular weight excluding hydrogens is 645 g/mol. The lowest BCUT2D eigenvalue weighted by Crippen LogP contribution is -2.53. The molecule has 0 bridgehead atoms. The molecule has 1 fully saturated rings. The average Bonchev–Trinajstić information content (AvgIpc) is 3.39. The zero-order valence-electron chi connectivity index (χ0n) is 31.2. The van der Waals surface area contributed by atoms with Crippen LogP contribution < -0.4 is 0 Å². The largest absolute Gasteiger partial charge is 0.446 e. The average molecular weight is 697 g/mol. The molecule has 0 unspecified atom stereocenters. The van der Waals surface area contributed by atoms with Crippen LogP contribution in [0, 0.1) is 0 Å². The topological polar surface area (TPSA) is 51.2 Å². The van der Waals surface area contributed by atoms with Crippen LogP contribution in [0.4, 0.5) is 4.79 Å². The minimum atomic E-state index is -0.895. The van der Waals surface area contributed by atoms with Gasteiger partial charge in [-0.15, -0.1) is 0 Å². The summed E-state index contributed by atoms with van der Waals surface area (Å²) < 4.78 is 19.8. The first-order valence-corrected chi connectivity index (χ1v) is 18.4. The Morgan fingerprint density at radius 2 is 1.10 bits per heavy atom. The summed E-state index contributed by atoms with van der Waals surface area (Å²) in [5.74, 6) is 0. The minimum Gasteiger partial charge on any atom is -0.446 e. The lowest BCUT2D eigenvalue weighted by Gasteiger charge is -2.40. The van der Waals surface area contributed by atoms with Crippen molar-refractivity contribution in [3.05, 3.63) is 179 Å². The molecular formula is C46H52N2O4. The highest BCUT2D eigenvalue weighted by atomic mass is 16.6. The maximum Gasteiger partial charge on any atom is 0.412 e. The van der Waals surface area contributed by atoms with Gasteiger partial charge in [-0.05, 0) is 62.4 Å². The van der Waals surface area contributed by atoms with Gasteiger partial charge in [0, 0.05) is 25.6 Å². The van der Waals surface area contributed by atoms with Crippen LogP contribution >= 0.6 is 0 Å². The number of nitrogens with zero attached hydrogens (tertiary/aromatic N) is 2. The smallest absolute Gasteiger partial charge is 0.412 e. The van der Waals surface area contributed by atoms with Crippen LogP contribution in [0.15, 0.2) is 152 Å². The summed E-state index contributed by atoms with van der Waals surface area (Å²) in [5.41, 5.74) is 3.38. The van der Waals surface area contributed by atoms with E-state index in [4.69, 9.17) is 14.2 Å². The van der Waals surface area contributed by atoms with Crippen molar-refractivity contribution >= 4 is 6.09 Å². The predicted molar refractivity (Wildman–Crippen MR) is 208 cm³/mol. The Morgan fingerprint density at radius 1 is 0.692 bits per heavy atom. The Bertz CT molecular complexity index is 1680. The predicted octanol–water partition coefficient (Wildman–Crippen LogP) is 9.83. The molecule has 0 aromatic heterocycles. The number of benzene rings is 5. The highest BCUT2D eigenvalue weighted by Gasteiger charge is 2.50. The highest BCUT2D eigenvalue weighted by molar-refractivity contribution is 5.70. The molecule has 2 atom stereocenters. The zero-order valence-corrected chi connectivity index (χ0v) is 31.2. The standard InChI is InChI=1S/C46H52N2O4/c1-36(52-43(49)48-44(2,3)35-51-45(48,4)5)31-42(47(32-37-21-11-6-12-22-37)33-38-23-13-7-14-24-38)34-50-46(39-25-15-8-16-26-39,40-27-17-9-18-28-40)41-29-19-10-20-30-41/h6-30,36,42H,31-35H2,1-5H3/t36-,42+/m1/s1. The molecule has 270 valence electrons. The van der Waals surface area contributed by atoms with Crippen LogP contribution in [-0.4, -0.2) is 52.5 Å². The molecule has 6 heteroatoms. The molecule has 1 amide bonds. The molecule has 1 aliphatic rings. The van der Waals surface area contributed by atoms with Gasteiger partial charge in [-0.3, -0.25) is 9.80 Å². The van der Waals surface area contributed by atoms with Crippen LogP contribution in [-0.2, 0) is 32.9 Å². The molecule has 0 saturated carbocycles. The van der Waals surface area contributed by atoms with Gasteiger partial charge in [-0.2, -0.15) is 0 Å². The van der Waals surface area contributed by atoms with Gasteiger partial charge in [0.15, 0.2) is 0 Å². The summed E-state index contributed by atoms with van der Waals surface area (Å²) in [7, 11) is 0. The third-order valence-electron chi connectivity index (χ3n) is 10.0. The van der Waals surface area contributed by atoms with Crippen molar-refractivity contribution in [2.75, 3.05) is 13.2 Å². The lowest BCUT2D eigenvalue weighted by atomic mass is 9.80. The molecule has 0 spiro atoms. The fourth-order valence-corrected chi connectivity index (χ4v) is 7.60. The van der Waals surface area contributed by atoms with Crippen molar-refractivity contribution in [1.29, 1.82) is 0 Å². The van der Waals surface area contributed by atoms with Gasteiger partial charge in [-0.25, -0.2) is 4.79 Å². The number of hydrogen-bond acceptors (Lipinski definition) is 5. The quantitative estimate of drug-likeness (QED) is 0.108. The van der Waals surface area contributed by atoms with Gasteiger partial charge in [0.2, 0.25) is 0 Å². The fourth-order valence-electron chi connectivity index (χ4n) is 7.60. The second-order valence-electron chi connectivity index (χ2n) is 14.9. The molecule has 0 radical (unpaired) electrons. The summed E-state index contributed by atoms with van der Waals surface area (Å²) in [6.45, 7) is 12.1. The molecule has 1 heterocycles. The van der Waals surface area contributed by atoms with Crippen LogP contribution in [0.5, 0.6) is 0 Å². The molecule has 1 saturated heterocycles. The molecule has 5 aromatic carbocycles. The van der Waals surface area contributed by atoms with Crippen molar-refractivity contribution in [2.45, 2.75) is 83.1 Å². The Morgan fingerprint density at radius 3 is 1.48 bits per heavy atom. The van der Waals surface area contributed by atoms with E-state index in [1.165, 1.54) is 11.1 Å². The second-order valence-corrected chi connectivity index (χ2v) is 14.9. The summed E-state index contributed by atoms with van der Waals surface area (Å²) in [6, 6.07) is 52.4. The van der Waals surface area contributed by atoms with Gasteiger partial charge >= 0.3 is 6.09 Å². The Labute approximate surface area is 310 Å². The zero-order chi connectivity index (χ0) is 36.6. The van der Waals surface area contributed by atoms with Crippen molar-refractivity contribution in [3.63, 3.8) is 0 Å². The van der Waals surface area contributed by atoms with E-state index in [0.717, 1.165) is 16.7 Å². The van der Waals surface area contributed by atoms with E-state index in [1.54, 1.807) is 4.90 Å². The molecule has 0 N–H and O–H groups in total. The summed E-state index contributed by atoms with van der Waals surface area (Å²) in [4.78, 5) is 18.1. The summed E-state index contributed by atoms with van der Waals surface area (Å²) >= 11 is 0. The number of rotatable bonds is 14. The number of ether oxygens (including phenoxy) is 3. The number of amides is 1. The van der Waals surface area contributed by atoms with E-state index in [-0.39, 0.29) is 12.1 Å². The molecule has 5 aromatic rings. The second kappa shape index (κ2) is 16.3. The highest BCUT2D eigenvalue weighted by Crippen LogP contribution is 2.41. The first-order chi connectivity index (χ1) is 25.1. The van der Waals surface area contributed by atoms with E-state index >= 15 is 0 Å². The number of carbonyl (C=O) groups excluding carboxylic acids is 1. The summed E-state index contributed by atoms with van der Waals surface area (Å²) in [5, 5.41) is 0. The Balaban J connectivity index is 1.40. The van der Waals surface area contributed by atoms with E-state index in [0.29, 0.717) is 32.7 Å². The van der Waals surface area contributed by atoms with E-state index in [1.807, 2.05) is 65.0 Å². The van der Waals surface area contributed by atoms with Gasteiger partial charge in [-0.1, -0.05) is 152 Å².